The number of carbonyl (C=O) groups excluding carboxylic acids is 1. The van der Waals surface area contributed by atoms with Crippen molar-refractivity contribution in [1.82, 2.24) is 4.90 Å². The Morgan fingerprint density at radius 3 is 2.12 bits per heavy atom. The van der Waals surface area contributed by atoms with E-state index in [1.54, 1.807) is 0 Å². The Bertz CT molecular complexity index is 583. The predicted octanol–water partition coefficient (Wildman–Crippen LogP) is 1.88. The van der Waals surface area contributed by atoms with Crippen LogP contribution in [0.1, 0.15) is 30.4 Å². The molecule has 1 saturated heterocycles. The van der Waals surface area contributed by atoms with Gasteiger partial charge in [-0.1, -0.05) is 6.07 Å². The van der Waals surface area contributed by atoms with Gasteiger partial charge in [0.05, 0.1) is 0 Å². The second kappa shape index (κ2) is 9.67. The molecule has 0 aliphatic carbocycles. The van der Waals surface area contributed by atoms with Crippen LogP contribution in [0.15, 0.2) is 18.2 Å². The zero-order valence-electron chi connectivity index (χ0n) is 14.0. The van der Waals surface area contributed by atoms with Crippen LogP contribution in [0.2, 0.25) is 0 Å². The molecule has 132 valence electrons. The van der Waals surface area contributed by atoms with Crippen molar-refractivity contribution >= 4 is 23.5 Å². The van der Waals surface area contributed by atoms with E-state index in [1.165, 1.54) is 24.0 Å². The maximum absolute atomic E-state index is 11.8. The van der Waals surface area contributed by atoms with Crippen molar-refractivity contribution in [1.29, 1.82) is 0 Å². The van der Waals surface area contributed by atoms with Gasteiger partial charge in [0.1, 0.15) is 0 Å². The number of benzene rings is 1. The zero-order chi connectivity index (χ0) is 18.1. The van der Waals surface area contributed by atoms with Crippen LogP contribution in [0, 0.1) is 13.8 Å². The summed E-state index contributed by atoms with van der Waals surface area (Å²) in [6, 6.07) is 6.05. The summed E-state index contributed by atoms with van der Waals surface area (Å²) in [5, 5.41) is 17.8. The summed E-state index contributed by atoms with van der Waals surface area (Å²) >= 11 is 0. The largest absolute Gasteiger partial charge is 0.473 e. The number of rotatable bonds is 4. The van der Waals surface area contributed by atoms with Gasteiger partial charge in [0.25, 0.3) is 0 Å². The molecular formula is C17H24N2O5. The summed E-state index contributed by atoms with van der Waals surface area (Å²) in [6.45, 7) is 7.33. The molecule has 0 unspecified atom stereocenters. The van der Waals surface area contributed by atoms with E-state index in [-0.39, 0.29) is 5.91 Å². The first-order valence-electron chi connectivity index (χ1n) is 7.85. The fourth-order valence-corrected chi connectivity index (χ4v) is 2.31. The molecule has 3 N–H and O–H groups in total. The minimum absolute atomic E-state index is 0.116. The maximum Gasteiger partial charge on any atom is 0.414 e. The molecule has 1 aliphatic rings. The molecule has 0 bridgehead atoms. The van der Waals surface area contributed by atoms with Crippen molar-refractivity contribution in [2.75, 3.05) is 25.0 Å². The van der Waals surface area contributed by atoms with Crippen molar-refractivity contribution in [2.45, 2.75) is 33.1 Å². The molecule has 0 radical (unpaired) electrons. The van der Waals surface area contributed by atoms with Crippen LogP contribution < -0.4 is 5.32 Å². The number of carboxylic acid groups (broad SMARTS) is 2. The molecule has 1 fully saturated rings. The Balaban J connectivity index is 0.000000413. The molecular weight excluding hydrogens is 312 g/mol. The highest BCUT2D eigenvalue weighted by molar-refractivity contribution is 6.27. The summed E-state index contributed by atoms with van der Waals surface area (Å²) in [6.07, 6.45) is 3.14. The maximum atomic E-state index is 11.8. The summed E-state index contributed by atoms with van der Waals surface area (Å²) in [5.74, 6) is -3.53. The quantitative estimate of drug-likeness (QED) is 0.725. The topological polar surface area (TPSA) is 107 Å². The molecule has 1 heterocycles. The van der Waals surface area contributed by atoms with Crippen molar-refractivity contribution in [2.24, 2.45) is 0 Å². The van der Waals surface area contributed by atoms with E-state index >= 15 is 0 Å². The lowest BCUT2D eigenvalue weighted by molar-refractivity contribution is -0.159. The van der Waals surface area contributed by atoms with Crippen molar-refractivity contribution in [3.05, 3.63) is 29.3 Å². The minimum Gasteiger partial charge on any atom is -0.473 e. The van der Waals surface area contributed by atoms with Crippen LogP contribution in [-0.4, -0.2) is 52.6 Å². The highest BCUT2D eigenvalue weighted by Gasteiger charge is 2.12. The first-order valence-corrected chi connectivity index (χ1v) is 7.85. The van der Waals surface area contributed by atoms with Gasteiger partial charge in [-0.2, -0.15) is 0 Å². The first-order chi connectivity index (χ1) is 11.3. The van der Waals surface area contributed by atoms with Gasteiger partial charge in [-0.3, -0.25) is 4.79 Å². The summed E-state index contributed by atoms with van der Waals surface area (Å²) < 4.78 is 0. The van der Waals surface area contributed by atoms with E-state index in [4.69, 9.17) is 19.8 Å². The van der Waals surface area contributed by atoms with E-state index in [0.717, 1.165) is 25.3 Å². The first kappa shape index (κ1) is 19.6. The van der Waals surface area contributed by atoms with Crippen LogP contribution in [0.25, 0.3) is 0 Å². The fourth-order valence-electron chi connectivity index (χ4n) is 2.31. The van der Waals surface area contributed by atoms with Gasteiger partial charge in [0.15, 0.2) is 0 Å². The van der Waals surface area contributed by atoms with Gasteiger partial charge < -0.3 is 20.4 Å². The zero-order valence-corrected chi connectivity index (χ0v) is 14.0. The van der Waals surface area contributed by atoms with Crippen LogP contribution in [0.3, 0.4) is 0 Å². The fraction of sp³-hybridized carbons (Fsp3) is 0.471. The SMILES string of the molecule is Cc1ccc(NC(=O)CCN2CCCC2)cc1C.O=C(O)C(=O)O. The minimum atomic E-state index is -1.82. The van der Waals surface area contributed by atoms with Crippen molar-refractivity contribution < 1.29 is 24.6 Å². The Morgan fingerprint density at radius 2 is 1.62 bits per heavy atom. The molecule has 0 spiro atoms. The third kappa shape index (κ3) is 7.23. The predicted molar refractivity (Wildman–Crippen MR) is 90.1 cm³/mol. The summed E-state index contributed by atoms with van der Waals surface area (Å²) in [5.41, 5.74) is 3.38. The number of carbonyl (C=O) groups is 3. The number of hydrogen-bond acceptors (Lipinski definition) is 4. The molecule has 1 aromatic rings. The lowest BCUT2D eigenvalue weighted by atomic mass is 10.1. The second-order valence-corrected chi connectivity index (χ2v) is 5.76. The Labute approximate surface area is 141 Å². The van der Waals surface area contributed by atoms with Crippen LogP contribution >= 0.6 is 0 Å². The highest BCUT2D eigenvalue weighted by Crippen LogP contribution is 2.14. The smallest absolute Gasteiger partial charge is 0.414 e. The van der Waals surface area contributed by atoms with Gasteiger partial charge in [-0.05, 0) is 63.0 Å². The van der Waals surface area contributed by atoms with Gasteiger partial charge in [-0.15, -0.1) is 0 Å². The average molecular weight is 336 g/mol. The number of carboxylic acids is 2. The number of hydrogen-bond donors (Lipinski definition) is 3. The third-order valence-corrected chi connectivity index (χ3v) is 3.83. The van der Waals surface area contributed by atoms with Crippen LogP contribution in [-0.2, 0) is 14.4 Å². The molecule has 7 nitrogen and oxygen atoms in total. The van der Waals surface area contributed by atoms with Crippen molar-refractivity contribution in [3.8, 4) is 0 Å². The van der Waals surface area contributed by atoms with E-state index in [9.17, 15) is 4.79 Å². The van der Waals surface area contributed by atoms with E-state index < -0.39 is 11.9 Å². The number of aryl methyl sites for hydroxylation is 2. The molecule has 0 saturated carbocycles. The van der Waals surface area contributed by atoms with E-state index in [2.05, 4.69) is 24.1 Å². The Morgan fingerprint density at radius 1 is 1.04 bits per heavy atom. The second-order valence-electron chi connectivity index (χ2n) is 5.76. The molecule has 0 aromatic heterocycles. The van der Waals surface area contributed by atoms with E-state index in [0.29, 0.717) is 6.42 Å². The Hall–Kier alpha value is -2.41. The highest BCUT2D eigenvalue weighted by atomic mass is 16.4. The number of aliphatic carboxylic acids is 2. The monoisotopic (exact) mass is 336 g/mol. The molecule has 7 heteroatoms. The average Bonchev–Trinajstić information content (AvgIpc) is 3.03. The Kier molecular flexibility index (Phi) is 7.91. The number of nitrogens with zero attached hydrogens (tertiary/aromatic N) is 1. The van der Waals surface area contributed by atoms with Crippen LogP contribution in [0.4, 0.5) is 5.69 Å². The van der Waals surface area contributed by atoms with E-state index in [1.807, 2.05) is 18.2 Å². The lowest BCUT2D eigenvalue weighted by Crippen LogP contribution is -2.25. The molecule has 1 aliphatic heterocycles. The lowest BCUT2D eigenvalue weighted by Gasteiger charge is -2.14. The molecule has 0 atom stereocenters. The normalized spacial score (nSPS) is 13.8. The molecule has 2 rings (SSSR count). The summed E-state index contributed by atoms with van der Waals surface area (Å²) in [4.78, 5) is 32.4. The van der Waals surface area contributed by atoms with Crippen LogP contribution in [0.5, 0.6) is 0 Å². The third-order valence-electron chi connectivity index (χ3n) is 3.83. The number of likely N-dealkylation sites (tertiary alicyclic amines) is 1. The van der Waals surface area contributed by atoms with Gasteiger partial charge in [0.2, 0.25) is 5.91 Å². The van der Waals surface area contributed by atoms with Gasteiger partial charge >= 0.3 is 11.9 Å². The number of nitrogens with one attached hydrogen (secondary N) is 1. The van der Waals surface area contributed by atoms with Crippen molar-refractivity contribution in [3.63, 3.8) is 0 Å². The standard InChI is InChI=1S/C15H22N2O.C2H2O4/c1-12-5-6-14(11-13(12)2)16-15(18)7-10-17-8-3-4-9-17;3-1(4)2(5)6/h5-6,11H,3-4,7-10H2,1-2H3,(H,16,18);(H,3,4)(H,5,6). The molecule has 1 aromatic carbocycles. The molecule has 1 amide bonds. The van der Waals surface area contributed by atoms with Gasteiger partial charge in [0, 0.05) is 18.7 Å². The molecule has 24 heavy (non-hydrogen) atoms. The van der Waals surface area contributed by atoms with Gasteiger partial charge in [-0.25, -0.2) is 9.59 Å². The number of anilines is 1. The number of amides is 1. The summed E-state index contributed by atoms with van der Waals surface area (Å²) in [7, 11) is 0.